The average molecular weight is 389 g/mol. The van der Waals surface area contributed by atoms with Crippen LogP contribution in [0.3, 0.4) is 0 Å². The zero-order valence-corrected chi connectivity index (χ0v) is 16.3. The number of benzene rings is 1. The van der Waals surface area contributed by atoms with Crippen molar-refractivity contribution in [2.24, 2.45) is 0 Å². The lowest BCUT2D eigenvalue weighted by molar-refractivity contribution is 0.0963. The van der Waals surface area contributed by atoms with E-state index in [2.05, 4.69) is 28.7 Å². The van der Waals surface area contributed by atoms with E-state index in [1.807, 2.05) is 30.5 Å². The maximum Gasteiger partial charge on any atom is 0.166 e. The van der Waals surface area contributed by atoms with Crippen LogP contribution in [0, 0.1) is 0 Å². The molecule has 1 aliphatic rings. The number of ketones is 1. The quantitative estimate of drug-likeness (QED) is 0.515. The number of thiophene rings is 1. The van der Waals surface area contributed by atoms with Gasteiger partial charge in [0.05, 0.1) is 29.1 Å². The van der Waals surface area contributed by atoms with Crippen molar-refractivity contribution in [1.82, 2.24) is 14.6 Å². The van der Waals surface area contributed by atoms with Crippen molar-refractivity contribution in [1.29, 1.82) is 0 Å². The summed E-state index contributed by atoms with van der Waals surface area (Å²) in [5.41, 5.74) is 5.17. The summed E-state index contributed by atoms with van der Waals surface area (Å²) in [4.78, 5) is 19.0. The summed E-state index contributed by atoms with van der Waals surface area (Å²) in [5.74, 6) is 0.343. The predicted molar refractivity (Wildman–Crippen MR) is 109 cm³/mol. The van der Waals surface area contributed by atoms with Crippen molar-refractivity contribution in [2.75, 3.05) is 7.11 Å². The highest BCUT2D eigenvalue weighted by molar-refractivity contribution is 7.10. The fourth-order valence-corrected chi connectivity index (χ4v) is 4.77. The molecule has 0 N–H and O–H groups in total. The van der Waals surface area contributed by atoms with Crippen molar-refractivity contribution >= 4 is 22.8 Å². The minimum atomic E-state index is 0.138. The van der Waals surface area contributed by atoms with Crippen LogP contribution in [-0.2, 0) is 17.8 Å². The standard InChI is InChI=1S/C22H19N3O2S/c1-27-13-18-21(14-6-3-2-4-7-14)22-23-17-10-15(20-8-5-9-28-20)11-19(26)16(17)12-25(22)24-18/h2-9,12,15H,10-11,13H2,1H3. The third-order valence-electron chi connectivity index (χ3n) is 5.22. The highest BCUT2D eigenvalue weighted by Gasteiger charge is 2.29. The smallest absolute Gasteiger partial charge is 0.166 e. The highest BCUT2D eigenvalue weighted by atomic mass is 32.1. The first-order valence-electron chi connectivity index (χ1n) is 9.26. The first kappa shape index (κ1) is 17.3. The number of fused-ring (bicyclic) bond motifs is 2. The monoisotopic (exact) mass is 389 g/mol. The number of Topliss-reactive ketones (excluding diaryl/α,β-unsaturated/α-hetero) is 1. The molecule has 0 spiro atoms. The number of carbonyl (C=O) groups excluding carboxylic acids is 1. The largest absolute Gasteiger partial charge is 0.378 e. The van der Waals surface area contributed by atoms with Crippen LogP contribution in [0.5, 0.6) is 0 Å². The van der Waals surface area contributed by atoms with Crippen molar-refractivity contribution in [2.45, 2.75) is 25.4 Å². The molecule has 6 heteroatoms. The number of carbonyl (C=O) groups is 1. The van der Waals surface area contributed by atoms with Gasteiger partial charge in [0.15, 0.2) is 11.4 Å². The van der Waals surface area contributed by atoms with Gasteiger partial charge in [-0.25, -0.2) is 9.50 Å². The van der Waals surface area contributed by atoms with Gasteiger partial charge < -0.3 is 4.74 Å². The third-order valence-corrected chi connectivity index (χ3v) is 6.26. The van der Waals surface area contributed by atoms with Crippen LogP contribution in [0.1, 0.15) is 39.0 Å². The van der Waals surface area contributed by atoms with E-state index in [0.717, 1.165) is 34.6 Å². The molecule has 5 nitrogen and oxygen atoms in total. The van der Waals surface area contributed by atoms with E-state index in [1.165, 1.54) is 4.88 Å². The molecule has 0 aliphatic heterocycles. The number of methoxy groups -OCH3 is 1. The Morgan fingerprint density at radius 1 is 1.18 bits per heavy atom. The van der Waals surface area contributed by atoms with Gasteiger partial charge in [0.2, 0.25) is 0 Å². The lowest BCUT2D eigenvalue weighted by Gasteiger charge is -2.22. The first-order valence-corrected chi connectivity index (χ1v) is 10.1. The molecule has 3 heterocycles. The number of ether oxygens (including phenoxy) is 1. The third kappa shape index (κ3) is 2.85. The summed E-state index contributed by atoms with van der Waals surface area (Å²) in [5, 5.41) is 6.73. The Bertz CT molecular complexity index is 1150. The molecule has 140 valence electrons. The maximum absolute atomic E-state index is 12.8. The van der Waals surface area contributed by atoms with Crippen molar-refractivity contribution in [3.05, 3.63) is 75.9 Å². The van der Waals surface area contributed by atoms with Gasteiger partial charge in [0.25, 0.3) is 0 Å². The van der Waals surface area contributed by atoms with Gasteiger partial charge in [0, 0.05) is 30.5 Å². The van der Waals surface area contributed by atoms with Gasteiger partial charge in [-0.2, -0.15) is 5.10 Å². The number of nitrogens with zero attached hydrogens (tertiary/aromatic N) is 3. The van der Waals surface area contributed by atoms with Crippen molar-refractivity contribution < 1.29 is 9.53 Å². The van der Waals surface area contributed by atoms with Crippen LogP contribution in [0.15, 0.2) is 54.0 Å². The van der Waals surface area contributed by atoms with E-state index in [1.54, 1.807) is 23.0 Å². The van der Waals surface area contributed by atoms with E-state index < -0.39 is 0 Å². The molecular weight excluding hydrogens is 370 g/mol. The van der Waals surface area contributed by atoms with Crippen LogP contribution >= 0.6 is 11.3 Å². The Balaban J connectivity index is 1.68. The fourth-order valence-electron chi connectivity index (χ4n) is 3.94. The number of hydrogen-bond acceptors (Lipinski definition) is 5. The fraction of sp³-hybridized carbons (Fsp3) is 0.227. The zero-order valence-electron chi connectivity index (χ0n) is 15.5. The van der Waals surface area contributed by atoms with Crippen LogP contribution < -0.4 is 0 Å². The average Bonchev–Trinajstić information content (AvgIpc) is 3.35. The molecule has 0 radical (unpaired) electrons. The lowest BCUT2D eigenvalue weighted by Crippen LogP contribution is -2.20. The molecule has 0 fully saturated rings. The van der Waals surface area contributed by atoms with E-state index in [9.17, 15) is 4.79 Å². The van der Waals surface area contributed by atoms with Gasteiger partial charge in [-0.3, -0.25) is 4.79 Å². The summed E-state index contributed by atoms with van der Waals surface area (Å²) in [7, 11) is 1.66. The van der Waals surface area contributed by atoms with Gasteiger partial charge in [0.1, 0.15) is 0 Å². The Labute approximate surface area is 166 Å². The SMILES string of the molecule is COCc1nn2cc3c(nc2c1-c1ccccc1)CC(c1cccs1)CC3=O. The van der Waals surface area contributed by atoms with Gasteiger partial charge in [-0.05, 0) is 23.4 Å². The van der Waals surface area contributed by atoms with Gasteiger partial charge >= 0.3 is 0 Å². The molecule has 3 aromatic heterocycles. The zero-order chi connectivity index (χ0) is 19.1. The highest BCUT2D eigenvalue weighted by Crippen LogP contribution is 2.36. The Hall–Kier alpha value is -2.83. The van der Waals surface area contributed by atoms with Crippen LogP contribution in [0.2, 0.25) is 0 Å². The summed E-state index contributed by atoms with van der Waals surface area (Å²) >= 11 is 1.71. The van der Waals surface area contributed by atoms with Gasteiger partial charge in [-0.1, -0.05) is 36.4 Å². The Morgan fingerprint density at radius 3 is 2.79 bits per heavy atom. The Kier molecular flexibility index (Phi) is 4.30. The number of hydrogen-bond donors (Lipinski definition) is 0. The molecule has 28 heavy (non-hydrogen) atoms. The molecule has 1 atom stereocenters. The molecule has 1 aliphatic carbocycles. The molecule has 0 bridgehead atoms. The molecule has 1 unspecified atom stereocenters. The molecule has 0 saturated carbocycles. The number of rotatable bonds is 4. The van der Waals surface area contributed by atoms with E-state index >= 15 is 0 Å². The summed E-state index contributed by atoms with van der Waals surface area (Å²) in [6.07, 6.45) is 3.14. The topological polar surface area (TPSA) is 56.5 Å². The van der Waals surface area contributed by atoms with Crippen molar-refractivity contribution in [3.63, 3.8) is 0 Å². The van der Waals surface area contributed by atoms with E-state index in [-0.39, 0.29) is 11.7 Å². The minimum Gasteiger partial charge on any atom is -0.378 e. The molecule has 4 aromatic rings. The molecule has 0 amide bonds. The van der Waals surface area contributed by atoms with Crippen molar-refractivity contribution in [3.8, 4) is 11.1 Å². The molecular formula is C22H19N3O2S. The lowest BCUT2D eigenvalue weighted by atomic mass is 9.85. The molecule has 0 saturated heterocycles. The molecule has 5 rings (SSSR count). The summed E-state index contributed by atoms with van der Waals surface area (Å²) < 4.78 is 7.10. The van der Waals surface area contributed by atoms with Gasteiger partial charge in [-0.15, -0.1) is 11.3 Å². The van der Waals surface area contributed by atoms with E-state index in [0.29, 0.717) is 18.6 Å². The second-order valence-electron chi connectivity index (χ2n) is 7.03. The first-order chi connectivity index (χ1) is 13.7. The maximum atomic E-state index is 12.8. The van der Waals surface area contributed by atoms with Crippen LogP contribution in [0.25, 0.3) is 16.8 Å². The number of aromatic nitrogens is 3. The van der Waals surface area contributed by atoms with Crippen LogP contribution in [-0.4, -0.2) is 27.5 Å². The second kappa shape index (κ2) is 6.96. The second-order valence-corrected chi connectivity index (χ2v) is 8.01. The van der Waals surface area contributed by atoms with Crippen LogP contribution in [0.4, 0.5) is 0 Å². The predicted octanol–water partition coefficient (Wildman–Crippen LogP) is 4.52. The summed E-state index contributed by atoms with van der Waals surface area (Å²) in [6.45, 7) is 0.393. The Morgan fingerprint density at radius 2 is 2.04 bits per heavy atom. The normalized spacial score (nSPS) is 16.5. The molecule has 1 aromatic carbocycles. The minimum absolute atomic E-state index is 0.138. The summed E-state index contributed by atoms with van der Waals surface area (Å²) in [6, 6.07) is 14.3. The van der Waals surface area contributed by atoms with E-state index in [4.69, 9.17) is 9.72 Å².